The van der Waals surface area contributed by atoms with Crippen molar-refractivity contribution in [1.82, 2.24) is 15.0 Å². The second-order valence-electron chi connectivity index (χ2n) is 6.68. The molecule has 0 bridgehead atoms. The molecule has 0 unspecified atom stereocenters. The molecular weight excluding hydrogens is 369 g/mol. The number of hydrogen-bond donors (Lipinski definition) is 1. The molecule has 0 amide bonds. The molecule has 0 saturated carbocycles. The van der Waals surface area contributed by atoms with E-state index in [-0.39, 0.29) is 5.82 Å². The highest BCUT2D eigenvalue weighted by Gasteiger charge is 2.18. The molecule has 3 aromatic heterocycles. The Morgan fingerprint density at radius 3 is 2.61 bits per heavy atom. The van der Waals surface area contributed by atoms with Gasteiger partial charge in [-0.2, -0.15) is 0 Å². The highest BCUT2D eigenvalue weighted by Crippen LogP contribution is 2.37. The molecule has 5 heteroatoms. The predicted octanol–water partition coefficient (Wildman–Crippen LogP) is 6.47. The van der Waals surface area contributed by atoms with Crippen molar-refractivity contribution >= 4 is 22.2 Å². The fraction of sp³-hybridized carbons (Fsp3) is 0.0435. The lowest BCUT2D eigenvalue weighted by atomic mass is 10.0. The van der Waals surface area contributed by atoms with E-state index in [1.807, 2.05) is 30.5 Å². The van der Waals surface area contributed by atoms with Crippen LogP contribution in [-0.2, 0) is 0 Å². The zero-order valence-corrected chi connectivity index (χ0v) is 15.9. The number of pyridine rings is 1. The third-order valence-electron chi connectivity index (χ3n) is 4.70. The van der Waals surface area contributed by atoms with E-state index in [0.717, 1.165) is 44.1 Å². The summed E-state index contributed by atoms with van der Waals surface area (Å²) >= 11 is 1.66. The largest absolute Gasteiger partial charge is 0.337 e. The minimum absolute atomic E-state index is 0.260. The summed E-state index contributed by atoms with van der Waals surface area (Å²) in [6.07, 6.45) is 1.81. The Labute approximate surface area is 165 Å². The van der Waals surface area contributed by atoms with Gasteiger partial charge in [0.2, 0.25) is 0 Å². The van der Waals surface area contributed by atoms with Gasteiger partial charge in [-0.25, -0.2) is 9.37 Å². The van der Waals surface area contributed by atoms with Gasteiger partial charge in [0, 0.05) is 22.7 Å². The van der Waals surface area contributed by atoms with Gasteiger partial charge in [0.05, 0.1) is 21.8 Å². The average Bonchev–Trinajstić information content (AvgIpc) is 3.35. The smallest absolute Gasteiger partial charge is 0.148 e. The van der Waals surface area contributed by atoms with Crippen molar-refractivity contribution in [1.29, 1.82) is 0 Å². The topological polar surface area (TPSA) is 41.6 Å². The van der Waals surface area contributed by atoms with Gasteiger partial charge in [0.15, 0.2) is 0 Å². The van der Waals surface area contributed by atoms with Crippen LogP contribution in [0.3, 0.4) is 0 Å². The van der Waals surface area contributed by atoms with E-state index >= 15 is 0 Å². The molecule has 5 aromatic rings. The van der Waals surface area contributed by atoms with E-state index in [9.17, 15) is 4.39 Å². The summed E-state index contributed by atoms with van der Waals surface area (Å²) in [4.78, 5) is 13.9. The van der Waals surface area contributed by atoms with Crippen LogP contribution in [0.1, 0.15) is 5.56 Å². The van der Waals surface area contributed by atoms with E-state index < -0.39 is 0 Å². The number of hydrogen-bond acceptors (Lipinski definition) is 3. The van der Waals surface area contributed by atoms with Crippen LogP contribution in [0.2, 0.25) is 0 Å². The van der Waals surface area contributed by atoms with Crippen molar-refractivity contribution in [3.05, 3.63) is 83.6 Å². The Kier molecular flexibility index (Phi) is 4.02. The Bertz CT molecular complexity index is 1280. The van der Waals surface area contributed by atoms with Gasteiger partial charge in [-0.3, -0.25) is 4.98 Å². The number of para-hydroxylation sites is 1. The SMILES string of the molecule is Cc1csc(-c2nc(-c3ccc(F)cc3)c(-c3ccnc4ccccc34)[nH]2)c1. The van der Waals surface area contributed by atoms with Gasteiger partial charge < -0.3 is 4.98 Å². The first-order valence-electron chi connectivity index (χ1n) is 8.94. The number of imidazole rings is 1. The quantitative estimate of drug-likeness (QED) is 0.387. The molecule has 0 aliphatic heterocycles. The molecule has 0 aliphatic carbocycles. The summed E-state index contributed by atoms with van der Waals surface area (Å²) in [5, 5.41) is 3.16. The van der Waals surface area contributed by atoms with Crippen molar-refractivity contribution in [2.24, 2.45) is 0 Å². The third-order valence-corrected chi connectivity index (χ3v) is 5.76. The second kappa shape index (κ2) is 6.69. The van der Waals surface area contributed by atoms with Crippen LogP contribution in [0.4, 0.5) is 4.39 Å². The summed E-state index contributed by atoms with van der Waals surface area (Å²) in [5.41, 5.74) is 5.73. The molecule has 0 saturated heterocycles. The molecule has 2 aromatic carbocycles. The number of halogens is 1. The predicted molar refractivity (Wildman–Crippen MR) is 113 cm³/mol. The van der Waals surface area contributed by atoms with Gasteiger partial charge in [0.25, 0.3) is 0 Å². The van der Waals surface area contributed by atoms with Crippen LogP contribution < -0.4 is 0 Å². The Hall–Kier alpha value is -3.31. The van der Waals surface area contributed by atoms with Crippen molar-refractivity contribution in [2.75, 3.05) is 0 Å². The zero-order valence-electron chi connectivity index (χ0n) is 15.1. The lowest BCUT2D eigenvalue weighted by molar-refractivity contribution is 0.628. The Morgan fingerprint density at radius 1 is 1.00 bits per heavy atom. The molecule has 3 heterocycles. The molecule has 0 spiro atoms. The molecule has 28 heavy (non-hydrogen) atoms. The van der Waals surface area contributed by atoms with E-state index in [0.29, 0.717) is 0 Å². The summed E-state index contributed by atoms with van der Waals surface area (Å²) < 4.78 is 13.5. The number of fused-ring (bicyclic) bond motifs is 1. The first kappa shape index (κ1) is 16.8. The third kappa shape index (κ3) is 2.90. The Balaban J connectivity index is 1.77. The maximum absolute atomic E-state index is 13.5. The summed E-state index contributed by atoms with van der Waals surface area (Å²) in [6, 6.07) is 18.6. The number of aryl methyl sites for hydroxylation is 1. The molecular formula is C23H16FN3S. The monoisotopic (exact) mass is 385 g/mol. The minimum Gasteiger partial charge on any atom is -0.337 e. The van der Waals surface area contributed by atoms with Gasteiger partial charge >= 0.3 is 0 Å². The van der Waals surface area contributed by atoms with Gasteiger partial charge in [0.1, 0.15) is 11.6 Å². The molecule has 3 nitrogen and oxygen atoms in total. The molecule has 1 N–H and O–H groups in total. The normalized spacial score (nSPS) is 11.2. The lowest BCUT2D eigenvalue weighted by Crippen LogP contribution is -1.88. The van der Waals surface area contributed by atoms with E-state index in [1.165, 1.54) is 17.7 Å². The average molecular weight is 385 g/mol. The number of H-pyrrole nitrogens is 1. The number of nitrogens with zero attached hydrogens (tertiary/aromatic N) is 2. The number of thiophene rings is 1. The number of nitrogens with one attached hydrogen (secondary N) is 1. The van der Waals surface area contributed by atoms with E-state index in [4.69, 9.17) is 4.98 Å². The van der Waals surface area contributed by atoms with Gasteiger partial charge in [-0.1, -0.05) is 18.2 Å². The molecule has 0 fully saturated rings. The molecule has 136 valence electrons. The van der Waals surface area contributed by atoms with Gasteiger partial charge in [-0.05, 0) is 60.3 Å². The molecule has 0 radical (unpaired) electrons. The number of aromatic amines is 1. The Morgan fingerprint density at radius 2 is 1.82 bits per heavy atom. The highest BCUT2D eigenvalue weighted by atomic mass is 32.1. The van der Waals surface area contributed by atoms with Crippen molar-refractivity contribution in [3.8, 4) is 33.2 Å². The number of rotatable bonds is 3. The fourth-order valence-corrected chi connectivity index (χ4v) is 4.21. The van der Waals surface area contributed by atoms with E-state index in [1.54, 1.807) is 23.5 Å². The first-order chi connectivity index (χ1) is 13.7. The van der Waals surface area contributed by atoms with Crippen LogP contribution >= 0.6 is 11.3 Å². The van der Waals surface area contributed by atoms with Crippen LogP contribution in [0.25, 0.3) is 44.1 Å². The van der Waals surface area contributed by atoms with Crippen LogP contribution in [0, 0.1) is 12.7 Å². The standard InChI is InChI=1S/C23H16FN3S/c1-14-12-20(28-13-14)23-26-21(15-6-8-16(24)9-7-15)22(27-23)18-10-11-25-19-5-3-2-4-17(18)19/h2-13H,1H3,(H,26,27). The summed E-state index contributed by atoms with van der Waals surface area (Å²) in [6.45, 7) is 2.07. The number of aromatic nitrogens is 3. The molecule has 5 rings (SSSR count). The maximum Gasteiger partial charge on any atom is 0.148 e. The van der Waals surface area contributed by atoms with Crippen LogP contribution in [-0.4, -0.2) is 15.0 Å². The molecule has 0 aliphatic rings. The second-order valence-corrected chi connectivity index (χ2v) is 7.59. The van der Waals surface area contributed by atoms with Crippen molar-refractivity contribution < 1.29 is 4.39 Å². The van der Waals surface area contributed by atoms with E-state index in [2.05, 4.69) is 34.4 Å². The molecule has 0 atom stereocenters. The van der Waals surface area contributed by atoms with Crippen LogP contribution in [0.5, 0.6) is 0 Å². The summed E-state index contributed by atoms with van der Waals surface area (Å²) in [7, 11) is 0. The summed E-state index contributed by atoms with van der Waals surface area (Å²) in [5.74, 6) is 0.553. The number of benzene rings is 2. The maximum atomic E-state index is 13.5. The zero-order chi connectivity index (χ0) is 19.1. The minimum atomic E-state index is -0.260. The van der Waals surface area contributed by atoms with Crippen molar-refractivity contribution in [3.63, 3.8) is 0 Å². The van der Waals surface area contributed by atoms with Crippen LogP contribution in [0.15, 0.2) is 72.2 Å². The van der Waals surface area contributed by atoms with Gasteiger partial charge in [-0.15, -0.1) is 11.3 Å². The first-order valence-corrected chi connectivity index (χ1v) is 9.82. The lowest BCUT2D eigenvalue weighted by Gasteiger charge is -2.07. The highest BCUT2D eigenvalue weighted by molar-refractivity contribution is 7.13. The van der Waals surface area contributed by atoms with Crippen molar-refractivity contribution in [2.45, 2.75) is 6.92 Å². The fourth-order valence-electron chi connectivity index (χ4n) is 3.37.